The summed E-state index contributed by atoms with van der Waals surface area (Å²) >= 11 is 0. The molecule has 0 bridgehead atoms. The molecule has 60 valence electrons. The molecular weight excluding hydrogens is 138 g/mol. The van der Waals surface area contributed by atoms with E-state index >= 15 is 0 Å². The second-order valence-electron chi connectivity index (χ2n) is 1.74. The number of carboxylic acids is 1. The first-order chi connectivity index (χ1) is 4.68. The molecule has 0 aliphatic rings. The van der Waals surface area contributed by atoms with Crippen molar-refractivity contribution in [3.05, 3.63) is 0 Å². The number of hydrogen-bond donors (Lipinski definition) is 3. The number of hydrogen-bond acceptors (Lipinski definition) is 4. The van der Waals surface area contributed by atoms with Crippen molar-refractivity contribution in [2.24, 2.45) is 5.73 Å². The van der Waals surface area contributed by atoms with E-state index in [9.17, 15) is 4.79 Å². The van der Waals surface area contributed by atoms with Crippen molar-refractivity contribution in [2.75, 3.05) is 19.8 Å². The Morgan fingerprint density at radius 2 is 2.30 bits per heavy atom. The van der Waals surface area contributed by atoms with Gasteiger partial charge in [0.2, 0.25) is 0 Å². The summed E-state index contributed by atoms with van der Waals surface area (Å²) in [6.07, 6.45) is 0. The molecule has 0 aromatic heterocycles. The van der Waals surface area contributed by atoms with E-state index in [0.29, 0.717) is 0 Å². The Kier molecular flexibility index (Phi) is 4.82. The third kappa shape index (κ3) is 4.25. The van der Waals surface area contributed by atoms with E-state index < -0.39 is 12.0 Å². The average molecular weight is 149 g/mol. The minimum Gasteiger partial charge on any atom is -0.480 e. The van der Waals surface area contributed by atoms with Crippen molar-refractivity contribution >= 4 is 5.97 Å². The lowest BCUT2D eigenvalue weighted by Gasteiger charge is -2.05. The Bertz CT molecular complexity index is 106. The van der Waals surface area contributed by atoms with Crippen molar-refractivity contribution in [1.82, 2.24) is 0 Å². The lowest BCUT2D eigenvalue weighted by molar-refractivity contribution is -0.140. The Hall–Kier alpha value is -0.650. The standard InChI is InChI=1S/C5H11NO4/c6-4(5(8)9)3-10-2-1-7/h4,7H,1-3,6H2,(H,8,9)/t4-/m0/s1. The van der Waals surface area contributed by atoms with Crippen LogP contribution in [-0.4, -0.2) is 42.0 Å². The number of ether oxygens (including phenoxy) is 1. The van der Waals surface area contributed by atoms with E-state index in [1.807, 2.05) is 0 Å². The molecule has 0 saturated heterocycles. The smallest absolute Gasteiger partial charge is 0.322 e. The summed E-state index contributed by atoms with van der Waals surface area (Å²) in [5.74, 6) is -1.10. The number of carbonyl (C=O) groups is 1. The number of nitrogens with two attached hydrogens (primary N) is 1. The van der Waals surface area contributed by atoms with Gasteiger partial charge in [0.05, 0.1) is 19.8 Å². The molecule has 1 atom stereocenters. The Balaban J connectivity index is 3.21. The summed E-state index contributed by atoms with van der Waals surface area (Å²) in [6.45, 7) is -0.0524. The predicted octanol–water partition coefficient (Wildman–Crippen LogP) is -1.59. The molecule has 0 rings (SSSR count). The molecular formula is C5H11NO4. The molecule has 0 amide bonds. The Labute approximate surface area is 58.4 Å². The first-order valence-corrected chi connectivity index (χ1v) is 2.85. The molecule has 10 heavy (non-hydrogen) atoms. The van der Waals surface area contributed by atoms with Gasteiger partial charge in [-0.05, 0) is 0 Å². The maximum atomic E-state index is 10.0. The van der Waals surface area contributed by atoms with Gasteiger partial charge in [0, 0.05) is 0 Å². The van der Waals surface area contributed by atoms with Crippen molar-refractivity contribution in [1.29, 1.82) is 0 Å². The van der Waals surface area contributed by atoms with Gasteiger partial charge in [-0.15, -0.1) is 0 Å². The minimum atomic E-state index is -1.10. The normalized spacial score (nSPS) is 13.0. The van der Waals surface area contributed by atoms with E-state index in [0.717, 1.165) is 0 Å². The quantitative estimate of drug-likeness (QED) is 0.410. The van der Waals surface area contributed by atoms with Crippen LogP contribution in [0, 0.1) is 0 Å². The number of aliphatic carboxylic acids is 1. The molecule has 0 aliphatic heterocycles. The predicted molar refractivity (Wildman–Crippen MR) is 33.5 cm³/mol. The van der Waals surface area contributed by atoms with Crippen LogP contribution >= 0.6 is 0 Å². The van der Waals surface area contributed by atoms with Crippen LogP contribution in [0.5, 0.6) is 0 Å². The van der Waals surface area contributed by atoms with Crippen LogP contribution in [0.15, 0.2) is 0 Å². The molecule has 5 nitrogen and oxygen atoms in total. The fourth-order valence-electron chi connectivity index (χ4n) is 0.346. The summed E-state index contributed by atoms with van der Waals surface area (Å²) in [6, 6.07) is -0.994. The van der Waals surface area contributed by atoms with Crippen molar-refractivity contribution < 1.29 is 19.7 Å². The van der Waals surface area contributed by atoms with Gasteiger partial charge in [0.15, 0.2) is 0 Å². The fraction of sp³-hybridized carbons (Fsp3) is 0.800. The van der Waals surface area contributed by atoms with Gasteiger partial charge >= 0.3 is 5.97 Å². The van der Waals surface area contributed by atoms with Crippen LogP contribution in [0.3, 0.4) is 0 Å². The molecule has 0 radical (unpaired) electrons. The third-order valence-corrected chi connectivity index (χ3v) is 0.850. The highest BCUT2D eigenvalue weighted by molar-refractivity contribution is 5.73. The average Bonchev–Trinajstić information content (AvgIpc) is 1.88. The molecule has 4 N–H and O–H groups in total. The number of aliphatic hydroxyl groups excluding tert-OH is 1. The van der Waals surface area contributed by atoms with Crippen molar-refractivity contribution in [3.63, 3.8) is 0 Å². The lowest BCUT2D eigenvalue weighted by atomic mass is 10.3. The van der Waals surface area contributed by atoms with Gasteiger partial charge in [0.25, 0.3) is 0 Å². The minimum absolute atomic E-state index is 0.0596. The molecule has 0 aliphatic carbocycles. The number of rotatable bonds is 5. The molecule has 0 heterocycles. The summed E-state index contributed by atoms with van der Waals surface area (Å²) in [7, 11) is 0. The third-order valence-electron chi connectivity index (χ3n) is 0.850. The van der Waals surface area contributed by atoms with E-state index in [-0.39, 0.29) is 19.8 Å². The molecule has 0 aromatic carbocycles. The Morgan fingerprint density at radius 3 is 2.70 bits per heavy atom. The zero-order valence-corrected chi connectivity index (χ0v) is 5.49. The van der Waals surface area contributed by atoms with E-state index in [2.05, 4.69) is 4.74 Å². The van der Waals surface area contributed by atoms with Crippen LogP contribution in [-0.2, 0) is 9.53 Å². The van der Waals surface area contributed by atoms with Crippen LogP contribution in [0.1, 0.15) is 0 Å². The molecule has 0 aromatic rings. The van der Waals surface area contributed by atoms with Gasteiger partial charge in [-0.25, -0.2) is 0 Å². The summed E-state index contributed by atoms with van der Waals surface area (Å²) in [5, 5.41) is 16.4. The molecule has 0 saturated carbocycles. The van der Waals surface area contributed by atoms with Crippen molar-refractivity contribution in [2.45, 2.75) is 6.04 Å². The summed E-state index contributed by atoms with van der Waals surface area (Å²) in [5.41, 5.74) is 5.05. The largest absolute Gasteiger partial charge is 0.480 e. The number of aliphatic hydroxyl groups is 1. The van der Waals surface area contributed by atoms with Gasteiger partial charge in [-0.2, -0.15) is 0 Å². The van der Waals surface area contributed by atoms with E-state index in [1.165, 1.54) is 0 Å². The topological polar surface area (TPSA) is 92.8 Å². The SMILES string of the molecule is N[C@@H](COCCO)C(=O)O. The van der Waals surface area contributed by atoms with E-state index in [4.69, 9.17) is 15.9 Å². The van der Waals surface area contributed by atoms with Gasteiger partial charge in [-0.3, -0.25) is 4.79 Å². The highest BCUT2D eigenvalue weighted by atomic mass is 16.5. The summed E-state index contributed by atoms with van der Waals surface area (Å²) in [4.78, 5) is 10.0. The van der Waals surface area contributed by atoms with E-state index in [1.54, 1.807) is 0 Å². The maximum absolute atomic E-state index is 10.0. The second kappa shape index (κ2) is 5.16. The second-order valence-corrected chi connectivity index (χ2v) is 1.74. The first-order valence-electron chi connectivity index (χ1n) is 2.85. The molecule has 0 fully saturated rings. The molecule has 0 unspecified atom stereocenters. The van der Waals surface area contributed by atoms with Crippen LogP contribution in [0.25, 0.3) is 0 Å². The number of carboxylic acid groups (broad SMARTS) is 1. The van der Waals surface area contributed by atoms with Gasteiger partial charge in [-0.1, -0.05) is 0 Å². The summed E-state index contributed by atoms with van der Waals surface area (Å²) < 4.78 is 4.65. The molecule has 5 heteroatoms. The monoisotopic (exact) mass is 149 g/mol. The lowest BCUT2D eigenvalue weighted by Crippen LogP contribution is -2.35. The Morgan fingerprint density at radius 1 is 1.70 bits per heavy atom. The maximum Gasteiger partial charge on any atom is 0.322 e. The van der Waals surface area contributed by atoms with Crippen LogP contribution in [0.4, 0.5) is 0 Å². The van der Waals surface area contributed by atoms with Crippen molar-refractivity contribution in [3.8, 4) is 0 Å². The zero-order chi connectivity index (χ0) is 7.98. The van der Waals surface area contributed by atoms with Crippen LogP contribution in [0.2, 0.25) is 0 Å². The molecule has 0 spiro atoms. The zero-order valence-electron chi connectivity index (χ0n) is 5.49. The fourth-order valence-corrected chi connectivity index (χ4v) is 0.346. The highest BCUT2D eigenvalue weighted by Gasteiger charge is 2.09. The first kappa shape index (κ1) is 9.35. The van der Waals surface area contributed by atoms with Gasteiger partial charge < -0.3 is 20.7 Å². The highest BCUT2D eigenvalue weighted by Crippen LogP contribution is 1.80. The van der Waals surface area contributed by atoms with Crippen LogP contribution < -0.4 is 5.73 Å². The van der Waals surface area contributed by atoms with Gasteiger partial charge in [0.1, 0.15) is 6.04 Å².